The number of benzene rings is 1. The maximum Gasteiger partial charge on any atom is 0.251 e. The quantitative estimate of drug-likeness (QED) is 0.780. The van der Waals surface area contributed by atoms with Gasteiger partial charge in [-0.2, -0.15) is 0 Å². The number of aromatic nitrogens is 2. The Morgan fingerprint density at radius 1 is 1.30 bits per heavy atom. The van der Waals surface area contributed by atoms with Crippen molar-refractivity contribution in [1.82, 2.24) is 15.3 Å². The number of carbonyl (C=O) groups is 1. The summed E-state index contributed by atoms with van der Waals surface area (Å²) in [6.07, 6.45) is 1.72. The second-order valence-corrected chi connectivity index (χ2v) is 6.24. The van der Waals surface area contributed by atoms with Crippen LogP contribution >= 0.6 is 11.3 Å². The highest BCUT2D eigenvalue weighted by atomic mass is 32.1. The van der Waals surface area contributed by atoms with Gasteiger partial charge >= 0.3 is 0 Å². The molecule has 0 aliphatic carbocycles. The Labute approximate surface area is 138 Å². The van der Waals surface area contributed by atoms with Crippen molar-refractivity contribution >= 4 is 27.5 Å². The number of hydrogen-bond donors (Lipinski definition) is 1. The van der Waals surface area contributed by atoms with Crippen molar-refractivity contribution in [3.63, 3.8) is 0 Å². The van der Waals surface area contributed by atoms with Crippen LogP contribution in [0.4, 0.5) is 0 Å². The topological polar surface area (TPSA) is 64.1 Å². The van der Waals surface area contributed by atoms with E-state index in [-0.39, 0.29) is 12.0 Å². The van der Waals surface area contributed by atoms with E-state index in [0.29, 0.717) is 18.0 Å². The van der Waals surface area contributed by atoms with Crippen LogP contribution < -0.4 is 10.1 Å². The van der Waals surface area contributed by atoms with Gasteiger partial charge in [-0.15, -0.1) is 11.3 Å². The highest BCUT2D eigenvalue weighted by Gasteiger charge is 2.10. The van der Waals surface area contributed by atoms with E-state index < -0.39 is 0 Å². The van der Waals surface area contributed by atoms with E-state index in [9.17, 15) is 4.79 Å². The average molecular weight is 327 g/mol. The van der Waals surface area contributed by atoms with Gasteiger partial charge in [-0.25, -0.2) is 9.97 Å². The second kappa shape index (κ2) is 6.75. The fourth-order valence-corrected chi connectivity index (χ4v) is 2.88. The maximum absolute atomic E-state index is 12.3. The van der Waals surface area contributed by atoms with Gasteiger partial charge in [0.2, 0.25) is 5.88 Å². The van der Waals surface area contributed by atoms with Crippen LogP contribution in [0, 0.1) is 0 Å². The zero-order valence-electron chi connectivity index (χ0n) is 12.9. The third-order valence-electron chi connectivity index (χ3n) is 3.23. The first kappa shape index (κ1) is 15.4. The van der Waals surface area contributed by atoms with Crippen LogP contribution in [0.3, 0.4) is 0 Å². The highest BCUT2D eigenvalue weighted by Crippen LogP contribution is 2.19. The molecule has 1 N–H and O–H groups in total. The highest BCUT2D eigenvalue weighted by molar-refractivity contribution is 7.16. The molecule has 0 spiro atoms. The summed E-state index contributed by atoms with van der Waals surface area (Å²) in [5.41, 5.74) is 4.16. The Balaban J connectivity index is 1.71. The van der Waals surface area contributed by atoms with Crippen LogP contribution in [0.5, 0.6) is 5.88 Å². The van der Waals surface area contributed by atoms with Gasteiger partial charge < -0.3 is 10.1 Å². The van der Waals surface area contributed by atoms with Gasteiger partial charge in [-0.3, -0.25) is 4.79 Å². The molecule has 118 valence electrons. The maximum atomic E-state index is 12.3. The average Bonchev–Trinajstić information content (AvgIpc) is 3.00. The third kappa shape index (κ3) is 3.65. The van der Waals surface area contributed by atoms with Gasteiger partial charge in [0.15, 0.2) is 0 Å². The molecule has 1 amide bonds. The van der Waals surface area contributed by atoms with Crippen molar-refractivity contribution in [2.45, 2.75) is 26.5 Å². The molecular formula is C17H17N3O2S. The van der Waals surface area contributed by atoms with Crippen LogP contribution in [0.25, 0.3) is 10.2 Å². The van der Waals surface area contributed by atoms with E-state index in [4.69, 9.17) is 4.74 Å². The fourth-order valence-electron chi connectivity index (χ4n) is 2.16. The van der Waals surface area contributed by atoms with Crippen molar-refractivity contribution in [2.24, 2.45) is 0 Å². The smallest absolute Gasteiger partial charge is 0.251 e. The lowest BCUT2D eigenvalue weighted by atomic mass is 10.2. The minimum Gasteiger partial charge on any atom is -0.475 e. The largest absolute Gasteiger partial charge is 0.475 e. The standard InChI is InChI=1S/C17H17N3O2S/c1-11(2)22-17-13(4-3-7-18-17)9-19-16(21)12-5-6-14-15(8-12)23-10-20-14/h3-8,10-11H,9H2,1-2H3,(H,19,21). The Kier molecular flexibility index (Phi) is 4.52. The van der Waals surface area contributed by atoms with Gasteiger partial charge in [0.25, 0.3) is 5.91 Å². The first-order valence-corrected chi connectivity index (χ1v) is 8.23. The Morgan fingerprint density at radius 2 is 2.17 bits per heavy atom. The molecular weight excluding hydrogens is 310 g/mol. The lowest BCUT2D eigenvalue weighted by molar-refractivity contribution is 0.0950. The number of ether oxygens (including phenoxy) is 1. The number of carbonyl (C=O) groups excluding carboxylic acids is 1. The van der Waals surface area contributed by atoms with Crippen molar-refractivity contribution < 1.29 is 9.53 Å². The van der Waals surface area contributed by atoms with Gasteiger partial charge in [0.1, 0.15) is 0 Å². The number of rotatable bonds is 5. The lowest BCUT2D eigenvalue weighted by Gasteiger charge is -2.13. The molecule has 5 nitrogen and oxygen atoms in total. The lowest BCUT2D eigenvalue weighted by Crippen LogP contribution is -2.23. The van der Waals surface area contributed by atoms with E-state index in [1.807, 2.05) is 38.1 Å². The predicted octanol–water partition coefficient (Wildman–Crippen LogP) is 3.41. The van der Waals surface area contributed by atoms with Gasteiger partial charge in [0, 0.05) is 23.9 Å². The van der Waals surface area contributed by atoms with Crippen LogP contribution in [-0.4, -0.2) is 22.0 Å². The molecule has 0 bridgehead atoms. The summed E-state index contributed by atoms with van der Waals surface area (Å²) in [5.74, 6) is 0.431. The number of hydrogen-bond acceptors (Lipinski definition) is 5. The normalized spacial score (nSPS) is 10.9. The zero-order chi connectivity index (χ0) is 16.2. The molecule has 3 aromatic rings. The number of nitrogens with one attached hydrogen (secondary N) is 1. The van der Waals surface area contributed by atoms with Crippen molar-refractivity contribution in [3.8, 4) is 5.88 Å². The minimum absolute atomic E-state index is 0.0353. The van der Waals surface area contributed by atoms with E-state index in [0.717, 1.165) is 15.8 Å². The summed E-state index contributed by atoms with van der Waals surface area (Å²) in [4.78, 5) is 20.8. The molecule has 0 unspecified atom stereocenters. The third-order valence-corrected chi connectivity index (χ3v) is 4.02. The summed E-state index contributed by atoms with van der Waals surface area (Å²) in [6.45, 7) is 4.26. The van der Waals surface area contributed by atoms with Gasteiger partial charge in [-0.05, 0) is 38.1 Å². The van der Waals surface area contributed by atoms with E-state index in [1.165, 1.54) is 11.3 Å². The molecule has 0 radical (unpaired) electrons. The molecule has 1 aromatic carbocycles. The van der Waals surface area contributed by atoms with E-state index >= 15 is 0 Å². The molecule has 3 rings (SSSR count). The first-order chi connectivity index (χ1) is 11.1. The molecule has 0 aliphatic heterocycles. The second-order valence-electron chi connectivity index (χ2n) is 5.35. The van der Waals surface area contributed by atoms with Crippen molar-refractivity contribution in [2.75, 3.05) is 0 Å². The molecule has 0 saturated heterocycles. The summed E-state index contributed by atoms with van der Waals surface area (Å²) in [5, 5.41) is 2.91. The molecule has 2 heterocycles. The number of thiazole rings is 1. The molecule has 0 fully saturated rings. The number of nitrogens with zero attached hydrogens (tertiary/aromatic N) is 2. The predicted molar refractivity (Wildman–Crippen MR) is 90.8 cm³/mol. The van der Waals surface area contributed by atoms with Gasteiger partial charge in [0.05, 0.1) is 21.8 Å². The van der Waals surface area contributed by atoms with Crippen LogP contribution in [0.1, 0.15) is 29.8 Å². The number of fused-ring (bicyclic) bond motifs is 1. The molecule has 0 saturated carbocycles. The summed E-state index contributed by atoms with van der Waals surface area (Å²) in [7, 11) is 0. The Bertz CT molecular complexity index is 829. The van der Waals surface area contributed by atoms with Gasteiger partial charge in [-0.1, -0.05) is 6.07 Å². The van der Waals surface area contributed by atoms with Crippen LogP contribution in [-0.2, 0) is 6.54 Å². The zero-order valence-corrected chi connectivity index (χ0v) is 13.8. The van der Waals surface area contributed by atoms with E-state index in [1.54, 1.807) is 17.8 Å². The van der Waals surface area contributed by atoms with Crippen molar-refractivity contribution in [1.29, 1.82) is 0 Å². The van der Waals surface area contributed by atoms with Crippen molar-refractivity contribution in [3.05, 3.63) is 53.2 Å². The Hall–Kier alpha value is -2.47. The summed E-state index contributed by atoms with van der Waals surface area (Å²) >= 11 is 1.52. The molecule has 23 heavy (non-hydrogen) atoms. The molecule has 6 heteroatoms. The first-order valence-electron chi connectivity index (χ1n) is 7.35. The fraction of sp³-hybridized carbons (Fsp3) is 0.235. The minimum atomic E-state index is -0.125. The SMILES string of the molecule is CC(C)Oc1ncccc1CNC(=O)c1ccc2ncsc2c1. The summed E-state index contributed by atoms with van der Waals surface area (Å²) < 4.78 is 6.66. The number of pyridine rings is 1. The van der Waals surface area contributed by atoms with E-state index in [2.05, 4.69) is 15.3 Å². The monoisotopic (exact) mass is 327 g/mol. The van der Waals surface area contributed by atoms with Crippen LogP contribution in [0.2, 0.25) is 0 Å². The van der Waals surface area contributed by atoms with Crippen LogP contribution in [0.15, 0.2) is 42.0 Å². The molecule has 0 aliphatic rings. The molecule has 2 aromatic heterocycles. The summed E-state index contributed by atoms with van der Waals surface area (Å²) in [6, 6.07) is 9.23. The number of amides is 1. The Morgan fingerprint density at radius 3 is 3.00 bits per heavy atom. The molecule has 0 atom stereocenters.